The molecule has 2 heterocycles. The third-order valence-electron chi connectivity index (χ3n) is 2.08. The van der Waals surface area contributed by atoms with Gasteiger partial charge in [0, 0.05) is 12.4 Å². The van der Waals surface area contributed by atoms with E-state index in [2.05, 4.69) is 31.2 Å². The molecule has 0 aliphatic heterocycles. The Labute approximate surface area is 109 Å². The van der Waals surface area contributed by atoms with E-state index in [4.69, 9.17) is 0 Å². The van der Waals surface area contributed by atoms with Crippen LogP contribution in [0.3, 0.4) is 0 Å². The van der Waals surface area contributed by atoms with E-state index in [9.17, 15) is 13.6 Å². The number of hydrogen-bond acceptors (Lipinski definition) is 3. The summed E-state index contributed by atoms with van der Waals surface area (Å²) in [6.45, 7) is 0. The SMILES string of the molecule is O=C(Nc1ncccc1Br)c1ccnc(F)c1F. The molecule has 0 bridgehead atoms. The second-order valence-corrected chi connectivity index (χ2v) is 4.11. The van der Waals surface area contributed by atoms with Crippen molar-refractivity contribution in [3.05, 3.63) is 52.4 Å². The van der Waals surface area contributed by atoms with Gasteiger partial charge in [0.15, 0.2) is 5.82 Å². The molecule has 1 amide bonds. The minimum Gasteiger partial charge on any atom is -0.306 e. The number of rotatable bonds is 2. The highest BCUT2D eigenvalue weighted by molar-refractivity contribution is 9.10. The van der Waals surface area contributed by atoms with Crippen LogP contribution in [0.4, 0.5) is 14.6 Å². The monoisotopic (exact) mass is 313 g/mol. The van der Waals surface area contributed by atoms with Gasteiger partial charge in [0.1, 0.15) is 5.82 Å². The van der Waals surface area contributed by atoms with Gasteiger partial charge in [0.2, 0.25) is 5.95 Å². The van der Waals surface area contributed by atoms with Crippen molar-refractivity contribution < 1.29 is 13.6 Å². The van der Waals surface area contributed by atoms with Gasteiger partial charge < -0.3 is 5.32 Å². The first kappa shape index (κ1) is 12.6. The quantitative estimate of drug-likeness (QED) is 0.867. The molecule has 0 aliphatic rings. The lowest BCUT2D eigenvalue weighted by Crippen LogP contribution is -2.16. The molecule has 0 aromatic carbocycles. The van der Waals surface area contributed by atoms with E-state index in [1.165, 1.54) is 6.20 Å². The number of anilines is 1. The molecule has 0 saturated carbocycles. The Hall–Kier alpha value is -1.89. The Morgan fingerprint density at radius 2 is 2.00 bits per heavy atom. The molecule has 92 valence electrons. The Morgan fingerprint density at radius 3 is 2.72 bits per heavy atom. The largest absolute Gasteiger partial charge is 0.306 e. The highest BCUT2D eigenvalue weighted by atomic mass is 79.9. The van der Waals surface area contributed by atoms with Gasteiger partial charge in [-0.3, -0.25) is 4.79 Å². The predicted molar refractivity (Wildman–Crippen MR) is 64.0 cm³/mol. The van der Waals surface area contributed by atoms with E-state index in [0.717, 1.165) is 12.3 Å². The van der Waals surface area contributed by atoms with Gasteiger partial charge in [0.05, 0.1) is 10.0 Å². The summed E-state index contributed by atoms with van der Waals surface area (Å²) in [4.78, 5) is 18.7. The third-order valence-corrected chi connectivity index (χ3v) is 2.72. The molecule has 18 heavy (non-hydrogen) atoms. The summed E-state index contributed by atoms with van der Waals surface area (Å²) in [6.07, 6.45) is 2.48. The Bertz CT molecular complexity index is 607. The normalized spacial score (nSPS) is 10.2. The Morgan fingerprint density at radius 1 is 1.22 bits per heavy atom. The van der Waals surface area contributed by atoms with Crippen molar-refractivity contribution in [2.75, 3.05) is 5.32 Å². The zero-order chi connectivity index (χ0) is 13.1. The van der Waals surface area contributed by atoms with Crippen LogP contribution < -0.4 is 5.32 Å². The van der Waals surface area contributed by atoms with Crippen LogP contribution in [0.5, 0.6) is 0 Å². The number of pyridine rings is 2. The van der Waals surface area contributed by atoms with Gasteiger partial charge in [-0.1, -0.05) is 0 Å². The topological polar surface area (TPSA) is 54.9 Å². The molecule has 2 rings (SSSR count). The average Bonchev–Trinajstić information content (AvgIpc) is 2.35. The average molecular weight is 314 g/mol. The van der Waals surface area contributed by atoms with E-state index in [0.29, 0.717) is 4.47 Å². The van der Waals surface area contributed by atoms with Gasteiger partial charge in [0.25, 0.3) is 5.91 Å². The molecule has 0 radical (unpaired) electrons. The van der Waals surface area contributed by atoms with E-state index in [1.807, 2.05) is 0 Å². The molecule has 7 heteroatoms. The third kappa shape index (κ3) is 2.51. The second-order valence-electron chi connectivity index (χ2n) is 3.25. The molecular formula is C11H6BrF2N3O. The summed E-state index contributed by atoms with van der Waals surface area (Å²) < 4.78 is 26.7. The van der Waals surface area contributed by atoms with E-state index in [1.54, 1.807) is 12.1 Å². The van der Waals surface area contributed by atoms with Gasteiger partial charge in [-0.05, 0) is 34.1 Å². The maximum atomic E-state index is 13.3. The van der Waals surface area contributed by atoms with Crippen LogP contribution in [0, 0.1) is 11.8 Å². The summed E-state index contributed by atoms with van der Waals surface area (Å²) in [7, 11) is 0. The molecular weight excluding hydrogens is 308 g/mol. The molecule has 0 fully saturated rings. The van der Waals surface area contributed by atoms with Crippen LogP contribution >= 0.6 is 15.9 Å². The zero-order valence-corrected chi connectivity index (χ0v) is 10.4. The first-order valence-corrected chi connectivity index (χ1v) is 5.61. The van der Waals surface area contributed by atoms with Crippen LogP contribution in [0.15, 0.2) is 35.1 Å². The number of aromatic nitrogens is 2. The molecule has 0 saturated heterocycles. The molecule has 0 unspecified atom stereocenters. The standard InChI is InChI=1S/C11H6BrF2N3O/c12-7-2-1-4-16-10(7)17-11(18)6-3-5-15-9(14)8(6)13/h1-5H,(H,16,17,18). The molecule has 2 aromatic heterocycles. The number of hydrogen-bond donors (Lipinski definition) is 1. The van der Waals surface area contributed by atoms with Crippen molar-refractivity contribution in [2.45, 2.75) is 0 Å². The summed E-state index contributed by atoms with van der Waals surface area (Å²) >= 11 is 3.17. The Kier molecular flexibility index (Phi) is 3.61. The van der Waals surface area contributed by atoms with Gasteiger partial charge >= 0.3 is 0 Å². The summed E-state index contributed by atoms with van der Waals surface area (Å²) in [5.74, 6) is -3.18. The summed E-state index contributed by atoms with van der Waals surface area (Å²) in [5.41, 5.74) is -0.431. The maximum absolute atomic E-state index is 13.3. The fourth-order valence-corrected chi connectivity index (χ4v) is 1.60. The number of nitrogens with one attached hydrogen (secondary N) is 1. The van der Waals surface area contributed by atoms with Crippen molar-refractivity contribution in [1.82, 2.24) is 9.97 Å². The van der Waals surface area contributed by atoms with E-state index < -0.39 is 23.2 Å². The predicted octanol–water partition coefficient (Wildman–Crippen LogP) is 2.77. The van der Waals surface area contributed by atoms with Crippen LogP contribution in [0.2, 0.25) is 0 Å². The minimum absolute atomic E-state index is 0.221. The molecule has 0 aliphatic carbocycles. The lowest BCUT2D eigenvalue weighted by molar-refractivity contribution is 0.102. The van der Waals surface area contributed by atoms with Gasteiger partial charge in [-0.25, -0.2) is 14.4 Å². The minimum atomic E-state index is -1.32. The van der Waals surface area contributed by atoms with Gasteiger partial charge in [-0.15, -0.1) is 0 Å². The number of carbonyl (C=O) groups is 1. The van der Waals surface area contributed by atoms with Crippen LogP contribution in [-0.2, 0) is 0 Å². The summed E-state index contributed by atoms with van der Waals surface area (Å²) in [6, 6.07) is 4.41. The number of halogens is 3. The molecule has 0 spiro atoms. The lowest BCUT2D eigenvalue weighted by atomic mass is 10.2. The highest BCUT2D eigenvalue weighted by Crippen LogP contribution is 2.19. The van der Waals surface area contributed by atoms with Crippen LogP contribution in [0.25, 0.3) is 0 Å². The summed E-state index contributed by atoms with van der Waals surface area (Å²) in [5, 5.41) is 2.36. The first-order valence-electron chi connectivity index (χ1n) is 4.81. The van der Waals surface area contributed by atoms with Crippen molar-refractivity contribution in [3.8, 4) is 0 Å². The number of nitrogens with zero attached hydrogens (tertiary/aromatic N) is 2. The van der Waals surface area contributed by atoms with E-state index in [-0.39, 0.29) is 5.82 Å². The van der Waals surface area contributed by atoms with Crippen molar-refractivity contribution >= 4 is 27.7 Å². The molecule has 1 N–H and O–H groups in total. The molecule has 4 nitrogen and oxygen atoms in total. The fourth-order valence-electron chi connectivity index (χ4n) is 1.25. The highest BCUT2D eigenvalue weighted by Gasteiger charge is 2.17. The lowest BCUT2D eigenvalue weighted by Gasteiger charge is -2.06. The van der Waals surface area contributed by atoms with Crippen LogP contribution in [0.1, 0.15) is 10.4 Å². The smallest absolute Gasteiger partial charge is 0.260 e. The van der Waals surface area contributed by atoms with Crippen molar-refractivity contribution in [2.24, 2.45) is 0 Å². The number of carbonyl (C=O) groups excluding carboxylic acids is 1. The maximum Gasteiger partial charge on any atom is 0.260 e. The molecule has 2 aromatic rings. The van der Waals surface area contributed by atoms with Gasteiger partial charge in [-0.2, -0.15) is 4.39 Å². The fraction of sp³-hybridized carbons (Fsp3) is 0. The number of amides is 1. The van der Waals surface area contributed by atoms with E-state index >= 15 is 0 Å². The van der Waals surface area contributed by atoms with Crippen molar-refractivity contribution in [3.63, 3.8) is 0 Å². The first-order chi connectivity index (χ1) is 8.59. The van der Waals surface area contributed by atoms with Crippen LogP contribution in [-0.4, -0.2) is 15.9 Å². The van der Waals surface area contributed by atoms with Crippen molar-refractivity contribution in [1.29, 1.82) is 0 Å². The molecule has 0 atom stereocenters. The zero-order valence-electron chi connectivity index (χ0n) is 8.82. The second kappa shape index (κ2) is 5.18. The Balaban J connectivity index is 2.28.